The number of carbonyl (C=O) groups is 1. The number of para-hydroxylation sites is 1. The number of fused-ring (bicyclic) bond motifs is 1. The summed E-state index contributed by atoms with van der Waals surface area (Å²) in [5.41, 5.74) is 0.569. The molecule has 0 saturated carbocycles. The Balaban J connectivity index is 1.31. The second-order valence-corrected chi connectivity index (χ2v) is 8.79. The minimum absolute atomic E-state index is 0.0620. The molecular formula is C25H24FN5O3. The lowest BCUT2D eigenvalue weighted by atomic mass is 9.91. The largest absolute Gasteiger partial charge is 0.388 e. The van der Waals surface area contributed by atoms with E-state index >= 15 is 0 Å². The van der Waals surface area contributed by atoms with Crippen LogP contribution in [0.15, 0.2) is 65.8 Å². The Labute approximate surface area is 194 Å². The van der Waals surface area contributed by atoms with Gasteiger partial charge in [-0.15, -0.1) is 0 Å². The molecule has 2 aromatic carbocycles. The van der Waals surface area contributed by atoms with Crippen LogP contribution in [-0.2, 0) is 6.54 Å². The zero-order valence-electron chi connectivity index (χ0n) is 18.7. The number of hydrogen-bond donors (Lipinski definition) is 1. The highest BCUT2D eigenvalue weighted by molar-refractivity contribution is 5.94. The Hall–Kier alpha value is -3.85. The first-order valence-corrected chi connectivity index (χ1v) is 11.1. The average Bonchev–Trinajstić information content (AvgIpc) is 3.28. The molecule has 0 radical (unpaired) electrons. The minimum Gasteiger partial charge on any atom is -0.388 e. The number of rotatable bonds is 4. The fourth-order valence-corrected chi connectivity index (χ4v) is 4.33. The third-order valence-electron chi connectivity index (χ3n) is 6.42. The summed E-state index contributed by atoms with van der Waals surface area (Å²) in [6.07, 6.45) is 3.50. The van der Waals surface area contributed by atoms with Crippen LogP contribution in [0.2, 0.25) is 0 Å². The van der Waals surface area contributed by atoms with E-state index in [2.05, 4.69) is 10.1 Å². The summed E-state index contributed by atoms with van der Waals surface area (Å²) in [5, 5.41) is 15.8. The Morgan fingerprint density at radius 2 is 1.88 bits per heavy atom. The van der Waals surface area contributed by atoms with Gasteiger partial charge in [-0.2, -0.15) is 5.10 Å². The molecule has 0 unspecified atom stereocenters. The van der Waals surface area contributed by atoms with Crippen LogP contribution in [0.25, 0.3) is 16.7 Å². The molecule has 1 aliphatic heterocycles. The molecule has 1 amide bonds. The number of nitrogens with zero attached hydrogens (tertiary/aromatic N) is 5. The van der Waals surface area contributed by atoms with Gasteiger partial charge in [-0.3, -0.25) is 14.2 Å². The van der Waals surface area contributed by atoms with Gasteiger partial charge in [0, 0.05) is 18.7 Å². The number of piperidine rings is 1. The van der Waals surface area contributed by atoms with Crippen molar-refractivity contribution in [3.05, 3.63) is 88.4 Å². The SMILES string of the molecule is Cc1ccc(C(=O)N2CCC(O)(Cn3cnc4c(cnn4-c4ccccc4)c3=O)CC2)cc1F. The number of amides is 1. The predicted octanol–water partition coefficient (Wildman–Crippen LogP) is 2.70. The molecule has 8 nitrogen and oxygen atoms in total. The average molecular weight is 461 g/mol. The molecule has 34 heavy (non-hydrogen) atoms. The van der Waals surface area contributed by atoms with Gasteiger partial charge in [0.05, 0.1) is 24.0 Å². The van der Waals surface area contributed by atoms with E-state index in [1.807, 2.05) is 30.3 Å². The quantitative estimate of drug-likeness (QED) is 0.505. The van der Waals surface area contributed by atoms with E-state index in [-0.39, 0.29) is 23.6 Å². The van der Waals surface area contributed by atoms with Crippen molar-refractivity contribution in [3.63, 3.8) is 0 Å². The number of carbonyl (C=O) groups excluding carboxylic acids is 1. The number of aryl methyl sites for hydroxylation is 1. The van der Waals surface area contributed by atoms with E-state index in [1.165, 1.54) is 23.2 Å². The first kappa shape index (κ1) is 22.0. The number of aliphatic hydroxyl groups is 1. The lowest BCUT2D eigenvalue weighted by Gasteiger charge is -2.38. The predicted molar refractivity (Wildman–Crippen MR) is 124 cm³/mol. The van der Waals surface area contributed by atoms with Gasteiger partial charge < -0.3 is 10.0 Å². The molecule has 2 aromatic heterocycles. The number of aromatic nitrogens is 4. The van der Waals surface area contributed by atoms with Crippen molar-refractivity contribution in [1.29, 1.82) is 0 Å². The van der Waals surface area contributed by atoms with E-state index in [0.717, 1.165) is 5.69 Å². The van der Waals surface area contributed by atoms with E-state index in [9.17, 15) is 19.1 Å². The fraction of sp³-hybridized carbons (Fsp3) is 0.280. The summed E-state index contributed by atoms with van der Waals surface area (Å²) < 4.78 is 16.9. The molecule has 1 fully saturated rings. The fourth-order valence-electron chi connectivity index (χ4n) is 4.33. The highest BCUT2D eigenvalue weighted by Crippen LogP contribution is 2.25. The zero-order chi connectivity index (χ0) is 23.9. The molecule has 1 saturated heterocycles. The summed E-state index contributed by atoms with van der Waals surface area (Å²) in [7, 11) is 0. The van der Waals surface area contributed by atoms with Crippen molar-refractivity contribution in [2.45, 2.75) is 31.9 Å². The molecule has 1 aliphatic rings. The third kappa shape index (κ3) is 3.99. The molecular weight excluding hydrogens is 437 g/mol. The molecule has 9 heteroatoms. The van der Waals surface area contributed by atoms with Crippen LogP contribution >= 0.6 is 0 Å². The van der Waals surface area contributed by atoms with Crippen LogP contribution in [0.4, 0.5) is 4.39 Å². The third-order valence-corrected chi connectivity index (χ3v) is 6.42. The van der Waals surface area contributed by atoms with E-state index < -0.39 is 11.4 Å². The molecule has 174 valence electrons. The zero-order valence-corrected chi connectivity index (χ0v) is 18.7. The van der Waals surface area contributed by atoms with Gasteiger partial charge in [-0.05, 0) is 49.6 Å². The second kappa shape index (κ2) is 8.49. The molecule has 1 N–H and O–H groups in total. The van der Waals surface area contributed by atoms with Crippen molar-refractivity contribution in [2.24, 2.45) is 0 Å². The van der Waals surface area contributed by atoms with Crippen molar-refractivity contribution in [2.75, 3.05) is 13.1 Å². The lowest BCUT2D eigenvalue weighted by Crippen LogP contribution is -2.49. The summed E-state index contributed by atoms with van der Waals surface area (Å²) in [5.74, 6) is -0.688. The van der Waals surface area contributed by atoms with Crippen molar-refractivity contribution < 1.29 is 14.3 Å². The summed E-state index contributed by atoms with van der Waals surface area (Å²) >= 11 is 0. The topological polar surface area (TPSA) is 93.2 Å². The monoisotopic (exact) mass is 461 g/mol. The van der Waals surface area contributed by atoms with Gasteiger partial charge in [0.2, 0.25) is 0 Å². The van der Waals surface area contributed by atoms with Crippen molar-refractivity contribution in [3.8, 4) is 5.69 Å². The highest BCUT2D eigenvalue weighted by Gasteiger charge is 2.35. The Kier molecular flexibility index (Phi) is 5.49. The molecule has 0 atom stereocenters. The van der Waals surface area contributed by atoms with Gasteiger partial charge in [-0.25, -0.2) is 14.1 Å². The second-order valence-electron chi connectivity index (χ2n) is 8.79. The molecule has 0 bridgehead atoms. The first-order valence-electron chi connectivity index (χ1n) is 11.1. The standard InChI is InChI=1S/C25H24FN5O3/c1-17-7-8-18(13-21(17)26)23(32)29-11-9-25(34,10-12-29)15-30-16-27-22-20(24(30)33)14-28-31(22)19-5-3-2-4-6-19/h2-8,13-14,16,34H,9-12,15H2,1H3. The smallest absolute Gasteiger partial charge is 0.264 e. The summed E-state index contributed by atoms with van der Waals surface area (Å²) in [4.78, 5) is 31.8. The number of likely N-dealkylation sites (tertiary alicyclic amines) is 1. The molecule has 0 aliphatic carbocycles. The van der Waals surface area contributed by atoms with Crippen molar-refractivity contribution >= 4 is 16.9 Å². The first-order chi connectivity index (χ1) is 16.3. The van der Waals surface area contributed by atoms with E-state index in [4.69, 9.17) is 0 Å². The molecule has 3 heterocycles. The van der Waals surface area contributed by atoms with E-state index in [1.54, 1.807) is 28.6 Å². The Bertz CT molecular complexity index is 1420. The molecule has 4 aromatic rings. The van der Waals surface area contributed by atoms with E-state index in [0.29, 0.717) is 42.5 Å². The van der Waals surface area contributed by atoms with Gasteiger partial charge >= 0.3 is 0 Å². The Morgan fingerprint density at radius 1 is 1.15 bits per heavy atom. The van der Waals surface area contributed by atoms with Gasteiger partial charge in [0.15, 0.2) is 5.65 Å². The number of benzene rings is 2. The van der Waals surface area contributed by atoms with Crippen LogP contribution in [0.1, 0.15) is 28.8 Å². The lowest BCUT2D eigenvalue weighted by molar-refractivity contribution is -0.0299. The van der Waals surface area contributed by atoms with Gasteiger partial charge in [0.1, 0.15) is 17.5 Å². The number of halogens is 1. The highest BCUT2D eigenvalue weighted by atomic mass is 19.1. The van der Waals surface area contributed by atoms with Crippen LogP contribution in [-0.4, -0.2) is 53.9 Å². The molecule has 5 rings (SSSR count). The van der Waals surface area contributed by atoms with Crippen LogP contribution in [0, 0.1) is 12.7 Å². The van der Waals surface area contributed by atoms with Gasteiger partial charge in [0.25, 0.3) is 11.5 Å². The van der Waals surface area contributed by atoms with Crippen LogP contribution in [0.5, 0.6) is 0 Å². The van der Waals surface area contributed by atoms with Crippen molar-refractivity contribution in [1.82, 2.24) is 24.2 Å². The summed E-state index contributed by atoms with van der Waals surface area (Å²) in [6.45, 7) is 2.32. The summed E-state index contributed by atoms with van der Waals surface area (Å²) in [6, 6.07) is 13.8. The van der Waals surface area contributed by atoms with Crippen LogP contribution in [0.3, 0.4) is 0 Å². The maximum atomic E-state index is 13.9. The molecule has 0 spiro atoms. The maximum absolute atomic E-state index is 13.9. The number of hydrogen-bond acceptors (Lipinski definition) is 5. The minimum atomic E-state index is -1.16. The normalized spacial score (nSPS) is 15.6. The van der Waals surface area contributed by atoms with Crippen LogP contribution < -0.4 is 5.56 Å². The van der Waals surface area contributed by atoms with Gasteiger partial charge in [-0.1, -0.05) is 24.3 Å². The Morgan fingerprint density at radius 3 is 2.59 bits per heavy atom. The maximum Gasteiger partial charge on any atom is 0.264 e.